The first-order chi connectivity index (χ1) is 21.6. The highest BCUT2D eigenvalue weighted by molar-refractivity contribution is 5.98. The lowest BCUT2D eigenvalue weighted by Crippen LogP contribution is -2.63. The SMILES string of the molecule is Cc1ccc(C(=O)NC(C)C)cc1-c1nc([N+]2(C3CCNCC3)CCC(C)CC2)nc2c1ccc(=O)n2-c1c(F)cccc1F. The molecule has 2 aliphatic rings. The summed E-state index contributed by atoms with van der Waals surface area (Å²) in [6, 6.07) is 12.2. The number of hydrogen-bond acceptors (Lipinski definition) is 5. The third kappa shape index (κ3) is 5.77. The quantitative estimate of drug-likeness (QED) is 0.273. The average molecular weight is 616 g/mol. The predicted octanol–water partition coefficient (Wildman–Crippen LogP) is 5.66. The number of carbonyl (C=O) groups excluding carboxylic acids is 1. The Labute approximate surface area is 262 Å². The van der Waals surface area contributed by atoms with E-state index in [0.717, 1.165) is 74.1 Å². The van der Waals surface area contributed by atoms with E-state index in [1.807, 2.05) is 32.9 Å². The molecule has 6 rings (SSSR count). The zero-order valence-electron chi connectivity index (χ0n) is 26.4. The number of benzene rings is 2. The number of nitrogens with zero attached hydrogens (tertiary/aromatic N) is 4. The van der Waals surface area contributed by atoms with Gasteiger partial charge in [0.05, 0.1) is 24.8 Å². The monoisotopic (exact) mass is 615 g/mol. The van der Waals surface area contributed by atoms with Crippen LogP contribution in [0.15, 0.2) is 53.3 Å². The first-order valence-electron chi connectivity index (χ1n) is 16.0. The first kappa shape index (κ1) is 31.0. The van der Waals surface area contributed by atoms with E-state index in [9.17, 15) is 9.59 Å². The molecule has 2 aromatic carbocycles. The number of halogens is 2. The molecule has 2 N–H and O–H groups in total. The van der Waals surface area contributed by atoms with Crippen LogP contribution in [0.5, 0.6) is 0 Å². The predicted molar refractivity (Wildman–Crippen MR) is 174 cm³/mol. The minimum Gasteiger partial charge on any atom is -0.350 e. The van der Waals surface area contributed by atoms with E-state index in [0.29, 0.717) is 38.6 Å². The first-order valence-corrected chi connectivity index (χ1v) is 16.0. The van der Waals surface area contributed by atoms with Crippen molar-refractivity contribution in [2.24, 2.45) is 5.92 Å². The molecule has 45 heavy (non-hydrogen) atoms. The molecule has 0 atom stereocenters. The van der Waals surface area contributed by atoms with E-state index < -0.39 is 22.9 Å². The number of nitrogens with one attached hydrogen (secondary N) is 2. The van der Waals surface area contributed by atoms with Crippen LogP contribution >= 0.6 is 0 Å². The van der Waals surface area contributed by atoms with Gasteiger partial charge in [0.15, 0.2) is 5.65 Å². The molecule has 2 aliphatic heterocycles. The van der Waals surface area contributed by atoms with Crippen LogP contribution in [0.2, 0.25) is 0 Å². The number of fused-ring (bicyclic) bond motifs is 1. The Bertz CT molecular complexity index is 1790. The van der Waals surface area contributed by atoms with Crippen molar-refractivity contribution in [3.63, 3.8) is 0 Å². The molecule has 236 valence electrons. The minimum atomic E-state index is -0.858. The van der Waals surface area contributed by atoms with Crippen LogP contribution in [0.4, 0.5) is 14.7 Å². The fourth-order valence-electron chi connectivity index (χ4n) is 6.98. The maximum Gasteiger partial charge on any atom is 0.331 e. The van der Waals surface area contributed by atoms with Crippen molar-refractivity contribution in [2.45, 2.75) is 65.5 Å². The van der Waals surface area contributed by atoms with Gasteiger partial charge in [-0.2, -0.15) is 9.97 Å². The van der Waals surface area contributed by atoms with E-state index in [1.165, 1.54) is 12.1 Å². The number of quaternary nitrogens is 1. The molecule has 2 aromatic heterocycles. The Morgan fingerprint density at radius 3 is 2.36 bits per heavy atom. The summed E-state index contributed by atoms with van der Waals surface area (Å²) in [5.41, 5.74) is 1.66. The van der Waals surface area contributed by atoms with Crippen molar-refractivity contribution < 1.29 is 13.6 Å². The summed E-state index contributed by atoms with van der Waals surface area (Å²) in [6.07, 6.45) is 3.87. The number of likely N-dealkylation sites (tertiary alicyclic amines) is 1. The van der Waals surface area contributed by atoms with Crippen LogP contribution in [-0.4, -0.2) is 58.7 Å². The fourth-order valence-corrected chi connectivity index (χ4v) is 6.98. The normalized spacial score (nSPS) is 20.9. The summed E-state index contributed by atoms with van der Waals surface area (Å²) in [6.45, 7) is 11.5. The van der Waals surface area contributed by atoms with E-state index in [1.54, 1.807) is 12.1 Å². The number of rotatable bonds is 6. The van der Waals surface area contributed by atoms with Crippen LogP contribution in [0.1, 0.15) is 62.4 Å². The third-order valence-corrected chi connectivity index (χ3v) is 9.52. The molecule has 0 aliphatic carbocycles. The number of aryl methyl sites for hydroxylation is 1. The largest absolute Gasteiger partial charge is 0.350 e. The van der Waals surface area contributed by atoms with Crippen molar-refractivity contribution in [2.75, 3.05) is 26.2 Å². The molecule has 0 spiro atoms. The smallest absolute Gasteiger partial charge is 0.331 e. The number of para-hydroxylation sites is 1. The minimum absolute atomic E-state index is 0.0466. The molecule has 0 bridgehead atoms. The molecule has 0 radical (unpaired) electrons. The van der Waals surface area contributed by atoms with Crippen LogP contribution in [-0.2, 0) is 0 Å². The van der Waals surface area contributed by atoms with E-state index in [4.69, 9.17) is 9.97 Å². The van der Waals surface area contributed by atoms with Crippen molar-refractivity contribution in [3.8, 4) is 16.9 Å². The molecule has 10 heteroatoms. The maximum atomic E-state index is 15.3. The summed E-state index contributed by atoms with van der Waals surface area (Å²) < 4.78 is 32.3. The highest BCUT2D eigenvalue weighted by Crippen LogP contribution is 2.38. The molecule has 4 heterocycles. The van der Waals surface area contributed by atoms with Gasteiger partial charge >= 0.3 is 5.95 Å². The van der Waals surface area contributed by atoms with Crippen LogP contribution < -0.4 is 20.7 Å². The van der Waals surface area contributed by atoms with Crippen LogP contribution in [0, 0.1) is 24.5 Å². The number of carbonyl (C=O) groups is 1. The van der Waals surface area contributed by atoms with Crippen LogP contribution in [0.25, 0.3) is 28.0 Å². The second-order valence-electron chi connectivity index (χ2n) is 13.0. The van der Waals surface area contributed by atoms with Gasteiger partial charge in [-0.1, -0.05) is 19.1 Å². The van der Waals surface area contributed by atoms with Gasteiger partial charge in [-0.05, 0) is 75.4 Å². The topological polar surface area (TPSA) is 88.9 Å². The molecular weight excluding hydrogens is 574 g/mol. The molecular formula is C35H41F2N6O2+. The lowest BCUT2D eigenvalue weighted by atomic mass is 9.92. The Balaban J connectivity index is 1.69. The van der Waals surface area contributed by atoms with Crippen molar-refractivity contribution >= 4 is 22.9 Å². The lowest BCUT2D eigenvalue weighted by Gasteiger charge is -2.47. The van der Waals surface area contributed by atoms with Gasteiger partial charge in [0.25, 0.3) is 11.5 Å². The van der Waals surface area contributed by atoms with Gasteiger partial charge < -0.3 is 10.6 Å². The van der Waals surface area contributed by atoms with Gasteiger partial charge in [0.2, 0.25) is 0 Å². The molecule has 2 fully saturated rings. The van der Waals surface area contributed by atoms with Gasteiger partial charge in [0.1, 0.15) is 17.3 Å². The summed E-state index contributed by atoms with van der Waals surface area (Å²) in [5, 5.41) is 6.89. The molecule has 0 saturated carbocycles. The van der Waals surface area contributed by atoms with Crippen molar-refractivity contribution in [3.05, 3.63) is 81.6 Å². The molecule has 8 nitrogen and oxygen atoms in total. The van der Waals surface area contributed by atoms with Gasteiger partial charge in [-0.3, -0.25) is 18.6 Å². The van der Waals surface area contributed by atoms with Crippen molar-refractivity contribution in [1.29, 1.82) is 0 Å². The fraction of sp³-hybridized carbons (Fsp3) is 0.429. The lowest BCUT2D eigenvalue weighted by molar-refractivity contribution is 0.0943. The number of piperidine rings is 2. The summed E-state index contributed by atoms with van der Waals surface area (Å²) in [5.74, 6) is -0.822. The number of aromatic nitrogens is 3. The highest BCUT2D eigenvalue weighted by Gasteiger charge is 2.45. The van der Waals surface area contributed by atoms with Crippen LogP contribution in [0.3, 0.4) is 0 Å². The molecule has 2 saturated heterocycles. The summed E-state index contributed by atoms with van der Waals surface area (Å²) >= 11 is 0. The standard InChI is InChI=1S/C35H40F2N6O2/c1-21(2)39-34(45)24-9-8-23(4)27(20-24)31-26-10-11-30(44)42(32-28(36)6-5-7-29(32)37)33(26)41-35(40-31)43(18-14-22(3)15-19-43)25-12-16-38-17-13-25/h5-11,20-22,25,38H,12-19H2,1-4H3/p+1. The molecule has 4 aromatic rings. The molecule has 1 amide bonds. The Morgan fingerprint density at radius 1 is 1.00 bits per heavy atom. The second kappa shape index (κ2) is 12.4. The van der Waals surface area contributed by atoms with Gasteiger partial charge in [-0.15, -0.1) is 0 Å². The summed E-state index contributed by atoms with van der Waals surface area (Å²) in [7, 11) is 0. The Hall–Kier alpha value is -4.02. The molecule has 0 unspecified atom stereocenters. The van der Waals surface area contributed by atoms with Gasteiger partial charge in [-0.25, -0.2) is 8.78 Å². The van der Waals surface area contributed by atoms with Crippen molar-refractivity contribution in [1.82, 2.24) is 29.7 Å². The Morgan fingerprint density at radius 2 is 1.69 bits per heavy atom. The van der Waals surface area contributed by atoms with E-state index in [-0.39, 0.29) is 23.6 Å². The average Bonchev–Trinajstić information content (AvgIpc) is 3.02. The maximum absolute atomic E-state index is 15.3. The summed E-state index contributed by atoms with van der Waals surface area (Å²) in [4.78, 5) is 37.0. The number of hydrogen-bond donors (Lipinski definition) is 2. The van der Waals surface area contributed by atoms with E-state index >= 15 is 8.78 Å². The second-order valence-corrected chi connectivity index (χ2v) is 13.0. The zero-order valence-corrected chi connectivity index (χ0v) is 26.4. The highest BCUT2D eigenvalue weighted by atomic mass is 19.1. The Kier molecular flexibility index (Phi) is 8.54. The zero-order chi connectivity index (χ0) is 31.9. The van der Waals surface area contributed by atoms with Gasteiger partial charge in [0, 0.05) is 54.6 Å². The number of amides is 1. The third-order valence-electron chi connectivity index (χ3n) is 9.52. The van der Waals surface area contributed by atoms with E-state index in [2.05, 4.69) is 17.6 Å². The number of pyridine rings is 1.